The molecule has 0 aliphatic carbocycles. The van der Waals surface area contributed by atoms with Gasteiger partial charge >= 0.3 is 24.6 Å². The van der Waals surface area contributed by atoms with E-state index >= 15 is 0 Å². The maximum atomic E-state index is 14.6. The predicted molar refractivity (Wildman–Crippen MR) is 132 cm³/mol. The zero-order valence-electron chi connectivity index (χ0n) is 20.6. The monoisotopic (exact) mass is 668 g/mol. The number of hydrogen-bond donors (Lipinski definition) is 2. The average Bonchev–Trinajstić information content (AvgIpc) is 2.88. The Labute approximate surface area is 238 Å². The van der Waals surface area contributed by atoms with Gasteiger partial charge in [0.25, 0.3) is 11.8 Å². The van der Waals surface area contributed by atoms with Crippen LogP contribution in [-0.2, 0) is 5.67 Å². The molecule has 0 bridgehead atoms. The van der Waals surface area contributed by atoms with Crippen LogP contribution >= 0.6 is 15.9 Å². The molecule has 7 nitrogen and oxygen atoms in total. The van der Waals surface area contributed by atoms with Gasteiger partial charge in [0.15, 0.2) is 5.75 Å². The maximum Gasteiger partial charge on any atom is 0.435 e. The Morgan fingerprint density at radius 2 is 1.60 bits per heavy atom. The topological polar surface area (TPSA) is 104 Å². The lowest BCUT2D eigenvalue weighted by Gasteiger charge is -2.31. The van der Waals surface area contributed by atoms with Crippen LogP contribution in [0.2, 0.25) is 0 Å². The van der Waals surface area contributed by atoms with Gasteiger partial charge in [-0.3, -0.25) is 9.59 Å². The molecule has 0 aliphatic heterocycles. The number of hydrogen-bond acceptors (Lipinski definition) is 5. The molecular formula is C25H14BrF9N4O3. The lowest BCUT2D eigenvalue weighted by molar-refractivity contribution is -0.348. The molecule has 0 atom stereocenters. The van der Waals surface area contributed by atoms with Crippen molar-refractivity contribution in [3.8, 4) is 11.8 Å². The molecule has 17 heteroatoms. The smallest absolute Gasteiger partial charge is 0.433 e. The minimum atomic E-state index is -6.55. The molecule has 222 valence electrons. The van der Waals surface area contributed by atoms with Crippen molar-refractivity contribution in [2.24, 2.45) is 0 Å². The molecule has 2 N–H and O–H groups in total. The third-order valence-corrected chi connectivity index (χ3v) is 6.14. The summed E-state index contributed by atoms with van der Waals surface area (Å²) in [7, 11) is 0. The number of carbonyl (C=O) groups is 2. The van der Waals surface area contributed by atoms with Crippen LogP contribution in [0.15, 0.2) is 53.0 Å². The molecule has 1 aromatic heterocycles. The highest BCUT2D eigenvalue weighted by molar-refractivity contribution is 9.10. The SMILES string of the molecule is Cc1cc(C#N)ccc1C(=O)Nc1cccc(C(=O)Nc2c(Br)cc(C(F)(C(F)(F)F)C(F)(F)F)cc2OC(F)F)n1. The van der Waals surface area contributed by atoms with Crippen LogP contribution in [0.5, 0.6) is 5.75 Å². The van der Waals surface area contributed by atoms with Crippen LogP contribution in [0.25, 0.3) is 0 Å². The van der Waals surface area contributed by atoms with Gasteiger partial charge in [-0.25, -0.2) is 9.37 Å². The normalized spacial score (nSPS) is 12.1. The Hall–Kier alpha value is -4.33. The van der Waals surface area contributed by atoms with Crippen molar-refractivity contribution in [1.82, 2.24) is 4.98 Å². The van der Waals surface area contributed by atoms with Crippen molar-refractivity contribution >= 4 is 39.2 Å². The molecule has 0 fully saturated rings. The van der Waals surface area contributed by atoms with E-state index in [9.17, 15) is 49.1 Å². The molecule has 3 aromatic rings. The number of benzene rings is 2. The predicted octanol–water partition coefficient (Wildman–Crippen LogP) is 7.42. The number of rotatable bonds is 7. The summed E-state index contributed by atoms with van der Waals surface area (Å²) in [5, 5.41) is 13.3. The molecule has 0 aliphatic rings. The van der Waals surface area contributed by atoms with Crippen LogP contribution in [0.4, 0.5) is 51.0 Å². The Bertz CT molecular complexity index is 1560. The quantitative estimate of drug-likeness (QED) is 0.255. The molecule has 3 rings (SSSR count). The van der Waals surface area contributed by atoms with Gasteiger partial charge in [0.1, 0.15) is 11.5 Å². The number of nitriles is 1. The third-order valence-electron chi connectivity index (χ3n) is 5.51. The minimum Gasteiger partial charge on any atom is -0.433 e. The number of nitrogens with zero attached hydrogens (tertiary/aromatic N) is 2. The van der Waals surface area contributed by atoms with Crippen LogP contribution < -0.4 is 15.4 Å². The van der Waals surface area contributed by atoms with Crippen molar-refractivity contribution in [2.45, 2.75) is 31.6 Å². The molecule has 2 amide bonds. The van der Waals surface area contributed by atoms with Gasteiger partial charge in [-0.1, -0.05) is 6.07 Å². The molecule has 2 aromatic carbocycles. The largest absolute Gasteiger partial charge is 0.435 e. The Morgan fingerprint density at radius 1 is 0.952 bits per heavy atom. The second kappa shape index (κ2) is 11.9. The molecule has 42 heavy (non-hydrogen) atoms. The van der Waals surface area contributed by atoms with E-state index in [1.165, 1.54) is 30.3 Å². The Balaban J connectivity index is 1.96. The van der Waals surface area contributed by atoms with Crippen LogP contribution in [0.1, 0.15) is 37.5 Å². The van der Waals surface area contributed by atoms with E-state index in [1.54, 1.807) is 6.92 Å². The van der Waals surface area contributed by atoms with Gasteiger partial charge in [0, 0.05) is 15.6 Å². The molecule has 0 radical (unpaired) electrons. The highest BCUT2D eigenvalue weighted by Gasteiger charge is 2.73. The van der Waals surface area contributed by atoms with Crippen molar-refractivity contribution in [3.05, 3.63) is 81.0 Å². The fourth-order valence-corrected chi connectivity index (χ4v) is 4.10. The van der Waals surface area contributed by atoms with E-state index in [2.05, 4.69) is 31.0 Å². The number of amides is 2. The number of pyridine rings is 1. The first kappa shape index (κ1) is 32.2. The minimum absolute atomic E-state index is 0.00108. The average molecular weight is 669 g/mol. The summed E-state index contributed by atoms with van der Waals surface area (Å²) in [5.41, 5.74) is -8.60. The third kappa shape index (κ3) is 6.59. The van der Waals surface area contributed by atoms with E-state index in [4.69, 9.17) is 5.26 Å². The lowest BCUT2D eigenvalue weighted by atomic mass is 9.93. The van der Waals surface area contributed by atoms with Gasteiger partial charge in [0.2, 0.25) is 0 Å². The van der Waals surface area contributed by atoms with Crippen molar-refractivity contribution in [2.75, 3.05) is 10.6 Å². The zero-order chi connectivity index (χ0) is 31.6. The molecular weight excluding hydrogens is 655 g/mol. The van der Waals surface area contributed by atoms with Gasteiger partial charge in [-0.05, 0) is 70.9 Å². The Morgan fingerprint density at radius 3 is 2.14 bits per heavy atom. The summed E-state index contributed by atoms with van der Waals surface area (Å²) in [5.74, 6) is -3.53. The first-order valence-corrected chi connectivity index (χ1v) is 11.9. The summed E-state index contributed by atoms with van der Waals surface area (Å²) in [6.45, 7) is -2.25. The van der Waals surface area contributed by atoms with Crippen LogP contribution in [0.3, 0.4) is 0 Å². The molecule has 1 heterocycles. The number of aryl methyl sites for hydroxylation is 1. The number of aromatic nitrogens is 1. The van der Waals surface area contributed by atoms with Gasteiger partial charge in [-0.15, -0.1) is 0 Å². The Kier molecular flexibility index (Phi) is 9.10. The standard InChI is InChI=1S/C25H14BrF9N4O3/c1-11-7-12(10-36)5-6-14(11)20(40)38-18-4-2-3-16(37-18)21(41)39-19-15(26)8-13(9-17(19)42-22(27)28)23(29,24(30,31)32)25(33,34)35/h2-9,22H,1H3,(H,39,41)(H,37,38,40). The summed E-state index contributed by atoms with van der Waals surface area (Å²) in [6, 6.07) is 9.42. The zero-order valence-corrected chi connectivity index (χ0v) is 22.2. The van der Waals surface area contributed by atoms with E-state index in [1.807, 2.05) is 11.4 Å². The summed E-state index contributed by atoms with van der Waals surface area (Å²) in [6.07, 6.45) is -13.1. The molecule has 0 saturated carbocycles. The first-order chi connectivity index (χ1) is 19.4. The van der Waals surface area contributed by atoms with Crippen molar-refractivity contribution in [1.29, 1.82) is 5.26 Å². The molecule has 0 saturated heterocycles. The number of halogens is 10. The number of ether oxygens (including phenoxy) is 1. The highest BCUT2D eigenvalue weighted by Crippen LogP contribution is 2.55. The van der Waals surface area contributed by atoms with Crippen molar-refractivity contribution in [3.63, 3.8) is 0 Å². The van der Waals surface area contributed by atoms with E-state index in [-0.39, 0.29) is 23.5 Å². The second-order valence-electron chi connectivity index (χ2n) is 8.32. The summed E-state index contributed by atoms with van der Waals surface area (Å²) >= 11 is 2.57. The number of anilines is 2. The number of alkyl halides is 9. The first-order valence-electron chi connectivity index (χ1n) is 11.1. The van der Waals surface area contributed by atoms with Crippen molar-refractivity contribution < 1.29 is 53.8 Å². The van der Waals surface area contributed by atoms with E-state index < -0.39 is 63.6 Å². The van der Waals surface area contributed by atoms with E-state index in [0.717, 1.165) is 6.07 Å². The van der Waals surface area contributed by atoms with Crippen LogP contribution in [-0.4, -0.2) is 35.8 Å². The summed E-state index contributed by atoms with van der Waals surface area (Å²) < 4.78 is 123. The van der Waals surface area contributed by atoms with Gasteiger partial charge in [0.05, 0.1) is 17.3 Å². The number of carbonyl (C=O) groups excluding carboxylic acids is 2. The van der Waals surface area contributed by atoms with E-state index in [0.29, 0.717) is 11.1 Å². The molecule has 0 unspecified atom stereocenters. The summed E-state index contributed by atoms with van der Waals surface area (Å²) in [4.78, 5) is 29.3. The molecule has 0 spiro atoms. The lowest BCUT2D eigenvalue weighted by Crippen LogP contribution is -2.50. The number of nitrogens with one attached hydrogen (secondary N) is 2. The second-order valence-corrected chi connectivity index (χ2v) is 9.18. The van der Waals surface area contributed by atoms with Crippen LogP contribution in [0, 0.1) is 18.3 Å². The fraction of sp³-hybridized carbons (Fsp3) is 0.200. The van der Waals surface area contributed by atoms with Gasteiger partial charge < -0.3 is 15.4 Å². The highest BCUT2D eigenvalue weighted by atomic mass is 79.9. The maximum absolute atomic E-state index is 14.6. The van der Waals surface area contributed by atoms with Gasteiger partial charge in [-0.2, -0.15) is 40.4 Å². The fourth-order valence-electron chi connectivity index (χ4n) is 3.56.